The molecule has 0 unspecified atom stereocenters. The molecule has 0 heterocycles. The summed E-state index contributed by atoms with van der Waals surface area (Å²) < 4.78 is 56.0. The summed E-state index contributed by atoms with van der Waals surface area (Å²) >= 11 is 0. The van der Waals surface area contributed by atoms with Crippen LogP contribution >= 0.6 is 0 Å². The lowest BCUT2D eigenvalue weighted by Gasteiger charge is -2.16. The van der Waals surface area contributed by atoms with Gasteiger partial charge in [-0.3, -0.25) is 0 Å². The molecule has 0 amide bonds. The summed E-state index contributed by atoms with van der Waals surface area (Å²) in [6.45, 7) is 3.45. The average molecular weight is 370 g/mol. The largest absolute Gasteiger partial charge is 0.382 e. The SMILES string of the molecule is Cc1cccc(-c2ccc(OS(C)(=O)=O)c(C)c2OS(C)(=O)=O)c1. The van der Waals surface area contributed by atoms with Gasteiger partial charge in [-0.15, -0.1) is 0 Å². The van der Waals surface area contributed by atoms with E-state index in [0.717, 1.165) is 23.6 Å². The molecule has 0 saturated carbocycles. The van der Waals surface area contributed by atoms with Crippen molar-refractivity contribution < 1.29 is 25.2 Å². The standard InChI is InChI=1S/C16H18O6S2/c1-11-6-5-7-13(10-11)14-8-9-15(21-23(3,17)18)12(2)16(14)22-24(4,19)20/h5-10H,1-4H3. The van der Waals surface area contributed by atoms with Gasteiger partial charge in [0.05, 0.1) is 12.5 Å². The fourth-order valence-electron chi connectivity index (χ4n) is 2.23. The van der Waals surface area contributed by atoms with Gasteiger partial charge >= 0.3 is 20.2 Å². The Balaban J connectivity index is 2.69. The van der Waals surface area contributed by atoms with Gasteiger partial charge < -0.3 is 8.37 Å². The number of hydrogen-bond acceptors (Lipinski definition) is 6. The van der Waals surface area contributed by atoms with Crippen LogP contribution in [0.3, 0.4) is 0 Å². The molecular weight excluding hydrogens is 352 g/mol. The minimum Gasteiger partial charge on any atom is -0.382 e. The third-order valence-corrected chi connectivity index (χ3v) is 4.11. The van der Waals surface area contributed by atoms with Gasteiger partial charge in [-0.2, -0.15) is 16.8 Å². The van der Waals surface area contributed by atoms with E-state index in [1.807, 2.05) is 31.2 Å². The maximum atomic E-state index is 11.6. The van der Waals surface area contributed by atoms with Crippen LogP contribution in [-0.4, -0.2) is 29.3 Å². The molecule has 0 aliphatic heterocycles. The Bertz CT molecular complexity index is 976. The van der Waals surface area contributed by atoms with Crippen LogP contribution in [0, 0.1) is 13.8 Å². The summed E-state index contributed by atoms with van der Waals surface area (Å²) in [5, 5.41) is 0. The minimum absolute atomic E-state index is 0.0209. The van der Waals surface area contributed by atoms with Crippen molar-refractivity contribution in [3.05, 3.63) is 47.5 Å². The zero-order valence-electron chi connectivity index (χ0n) is 13.7. The molecule has 6 nitrogen and oxygen atoms in total. The molecule has 0 N–H and O–H groups in total. The summed E-state index contributed by atoms with van der Waals surface area (Å²) in [6, 6.07) is 10.5. The van der Waals surface area contributed by atoms with Crippen molar-refractivity contribution in [3.8, 4) is 22.6 Å². The molecule has 0 atom stereocenters. The lowest BCUT2D eigenvalue weighted by atomic mass is 10.00. The molecule has 2 aromatic carbocycles. The predicted molar refractivity (Wildman–Crippen MR) is 92.3 cm³/mol. The maximum Gasteiger partial charge on any atom is 0.306 e. The number of rotatable bonds is 5. The summed E-state index contributed by atoms with van der Waals surface area (Å²) in [4.78, 5) is 0. The zero-order chi connectivity index (χ0) is 18.1. The second kappa shape index (κ2) is 6.45. The van der Waals surface area contributed by atoms with Crippen LogP contribution in [0.2, 0.25) is 0 Å². The molecule has 0 aliphatic carbocycles. The highest BCUT2D eigenvalue weighted by atomic mass is 32.2. The molecule has 2 rings (SSSR count). The Labute approximate surface area is 142 Å². The first-order valence-corrected chi connectivity index (χ1v) is 10.6. The van der Waals surface area contributed by atoms with Crippen LogP contribution in [0.1, 0.15) is 11.1 Å². The van der Waals surface area contributed by atoms with E-state index in [-0.39, 0.29) is 17.1 Å². The molecule has 24 heavy (non-hydrogen) atoms. The van der Waals surface area contributed by atoms with Crippen LogP contribution in [0.4, 0.5) is 0 Å². The van der Waals surface area contributed by atoms with Gasteiger partial charge in [0.25, 0.3) is 0 Å². The molecule has 0 spiro atoms. The van der Waals surface area contributed by atoms with Crippen molar-refractivity contribution in [2.24, 2.45) is 0 Å². The molecule has 130 valence electrons. The summed E-state index contributed by atoms with van der Waals surface area (Å²) in [5.41, 5.74) is 2.56. The number of hydrogen-bond donors (Lipinski definition) is 0. The molecule has 0 aromatic heterocycles. The fraction of sp³-hybridized carbons (Fsp3) is 0.250. The smallest absolute Gasteiger partial charge is 0.306 e. The molecular formula is C16H18O6S2. The van der Waals surface area contributed by atoms with Crippen LogP contribution < -0.4 is 8.37 Å². The Morgan fingerprint density at radius 2 is 1.46 bits per heavy atom. The van der Waals surface area contributed by atoms with Crippen LogP contribution in [0.15, 0.2) is 36.4 Å². The Hall–Kier alpha value is -2.06. The Morgan fingerprint density at radius 3 is 2.00 bits per heavy atom. The maximum absolute atomic E-state index is 11.6. The summed E-state index contributed by atoms with van der Waals surface area (Å²) in [7, 11) is -7.56. The first-order valence-electron chi connectivity index (χ1n) is 6.96. The Morgan fingerprint density at radius 1 is 0.833 bits per heavy atom. The molecule has 0 aliphatic rings. The Kier molecular flexibility index (Phi) is 4.91. The predicted octanol–water partition coefficient (Wildman–Crippen LogP) is 2.65. The van der Waals surface area contributed by atoms with E-state index < -0.39 is 20.2 Å². The average Bonchev–Trinajstić information content (AvgIpc) is 2.40. The number of aryl methyl sites for hydroxylation is 1. The lowest BCUT2D eigenvalue weighted by molar-refractivity contribution is 0.480. The van der Waals surface area contributed by atoms with E-state index >= 15 is 0 Å². The highest BCUT2D eigenvalue weighted by Crippen LogP contribution is 2.39. The first-order chi connectivity index (χ1) is 11.0. The van der Waals surface area contributed by atoms with E-state index in [9.17, 15) is 16.8 Å². The molecule has 0 bridgehead atoms. The van der Waals surface area contributed by atoms with E-state index in [4.69, 9.17) is 8.37 Å². The first kappa shape index (κ1) is 18.3. The highest BCUT2D eigenvalue weighted by molar-refractivity contribution is 7.86. The fourth-order valence-corrected chi connectivity index (χ4v) is 3.25. The van der Waals surface area contributed by atoms with Gasteiger partial charge in [-0.25, -0.2) is 0 Å². The lowest BCUT2D eigenvalue weighted by Crippen LogP contribution is -2.11. The number of benzene rings is 2. The third kappa shape index (κ3) is 4.72. The van der Waals surface area contributed by atoms with E-state index in [1.165, 1.54) is 6.07 Å². The summed E-state index contributed by atoms with van der Waals surface area (Å²) in [5.74, 6) is 0.0665. The normalized spacial score (nSPS) is 12.0. The van der Waals surface area contributed by atoms with Crippen molar-refractivity contribution in [3.63, 3.8) is 0 Å². The topological polar surface area (TPSA) is 86.7 Å². The van der Waals surface area contributed by atoms with Gasteiger partial charge in [0, 0.05) is 11.1 Å². The molecule has 0 saturated heterocycles. The van der Waals surface area contributed by atoms with E-state index in [2.05, 4.69) is 0 Å². The van der Waals surface area contributed by atoms with Gasteiger partial charge in [0.15, 0.2) is 5.75 Å². The summed E-state index contributed by atoms with van der Waals surface area (Å²) in [6.07, 6.45) is 1.84. The van der Waals surface area contributed by atoms with Crippen molar-refractivity contribution in [1.29, 1.82) is 0 Å². The van der Waals surface area contributed by atoms with Crippen LogP contribution in [-0.2, 0) is 20.2 Å². The van der Waals surface area contributed by atoms with Crippen LogP contribution in [0.25, 0.3) is 11.1 Å². The third-order valence-electron chi connectivity index (χ3n) is 3.16. The second-order valence-electron chi connectivity index (χ2n) is 5.51. The second-order valence-corrected chi connectivity index (χ2v) is 8.66. The van der Waals surface area contributed by atoms with Gasteiger partial charge in [0.1, 0.15) is 5.75 Å². The molecule has 8 heteroatoms. The molecule has 0 fully saturated rings. The highest BCUT2D eigenvalue weighted by Gasteiger charge is 2.20. The van der Waals surface area contributed by atoms with Crippen molar-refractivity contribution in [2.45, 2.75) is 13.8 Å². The monoisotopic (exact) mass is 370 g/mol. The molecule has 0 radical (unpaired) electrons. The van der Waals surface area contributed by atoms with Crippen molar-refractivity contribution >= 4 is 20.2 Å². The van der Waals surface area contributed by atoms with Gasteiger partial charge in [0.2, 0.25) is 0 Å². The van der Waals surface area contributed by atoms with Gasteiger partial charge in [-0.05, 0) is 31.5 Å². The zero-order valence-corrected chi connectivity index (χ0v) is 15.4. The quantitative estimate of drug-likeness (QED) is 0.752. The van der Waals surface area contributed by atoms with Gasteiger partial charge in [-0.1, -0.05) is 29.8 Å². The molecule has 2 aromatic rings. The van der Waals surface area contributed by atoms with Crippen LogP contribution in [0.5, 0.6) is 11.5 Å². The van der Waals surface area contributed by atoms with E-state index in [0.29, 0.717) is 5.56 Å². The minimum atomic E-state index is -3.81. The van der Waals surface area contributed by atoms with Crippen molar-refractivity contribution in [2.75, 3.05) is 12.5 Å². The van der Waals surface area contributed by atoms with E-state index in [1.54, 1.807) is 13.0 Å². The van der Waals surface area contributed by atoms with Crippen molar-refractivity contribution in [1.82, 2.24) is 0 Å².